The van der Waals surface area contributed by atoms with Crippen molar-refractivity contribution in [3.63, 3.8) is 0 Å². The smallest absolute Gasteiger partial charge is 0.154 e. The fourth-order valence-corrected chi connectivity index (χ4v) is 1.76. The molecule has 0 bridgehead atoms. The molecule has 0 unspecified atom stereocenters. The molecule has 0 saturated heterocycles. The van der Waals surface area contributed by atoms with Gasteiger partial charge < -0.3 is 9.73 Å². The number of hydrogen-bond acceptors (Lipinski definition) is 3. The molecule has 4 nitrogen and oxygen atoms in total. The summed E-state index contributed by atoms with van der Waals surface area (Å²) >= 11 is 0. The quantitative estimate of drug-likeness (QED) is 0.797. The molecule has 0 aromatic carbocycles. The minimum absolute atomic E-state index is 0.374. The van der Waals surface area contributed by atoms with Gasteiger partial charge in [-0.1, -0.05) is 6.92 Å². The lowest BCUT2D eigenvalue weighted by molar-refractivity contribution is 0.488. The lowest BCUT2D eigenvalue weighted by Crippen LogP contribution is -2.12. The van der Waals surface area contributed by atoms with E-state index in [0.29, 0.717) is 6.04 Å². The highest BCUT2D eigenvalue weighted by molar-refractivity contribution is 5.51. The molecule has 0 fully saturated rings. The maximum atomic E-state index is 5.77. The highest BCUT2D eigenvalue weighted by Gasteiger charge is 2.08. The monoisotopic (exact) mass is 247 g/mol. The Kier molecular flexibility index (Phi) is 4.20. The van der Waals surface area contributed by atoms with Crippen LogP contribution in [0.3, 0.4) is 0 Å². The molecule has 2 rings (SSSR count). The minimum Gasteiger partial charge on any atom is -0.458 e. The van der Waals surface area contributed by atoms with Crippen LogP contribution in [0.15, 0.2) is 28.8 Å². The van der Waals surface area contributed by atoms with Crippen LogP contribution in [-0.4, -0.2) is 16.3 Å². The molecule has 0 aliphatic heterocycles. The number of hydrogen-bond donors (Lipinski definition) is 1. The first-order valence-electron chi connectivity index (χ1n) is 6.55. The molecule has 18 heavy (non-hydrogen) atoms. The molecule has 2 aromatic rings. The van der Waals surface area contributed by atoms with Crippen molar-refractivity contribution in [2.45, 2.75) is 39.8 Å². The lowest BCUT2D eigenvalue weighted by Gasteiger charge is -2.03. The van der Waals surface area contributed by atoms with Crippen LogP contribution in [-0.2, 0) is 6.54 Å². The number of nitrogens with zero attached hydrogens (tertiary/aromatic N) is 2. The number of nitrogens with one attached hydrogen (secondary N) is 1. The second-order valence-electron chi connectivity index (χ2n) is 4.72. The zero-order chi connectivity index (χ0) is 13.0. The fraction of sp³-hybridized carbons (Fsp3) is 0.500. The van der Waals surface area contributed by atoms with Gasteiger partial charge in [-0.25, -0.2) is 0 Å². The summed E-state index contributed by atoms with van der Waals surface area (Å²) in [4.78, 5) is 0. The van der Waals surface area contributed by atoms with Crippen LogP contribution in [0, 0.1) is 0 Å². The molecule has 1 N–H and O–H groups in total. The van der Waals surface area contributed by atoms with E-state index in [2.05, 4.69) is 31.2 Å². The van der Waals surface area contributed by atoms with E-state index in [1.807, 2.05) is 29.1 Å². The van der Waals surface area contributed by atoms with E-state index in [4.69, 9.17) is 4.42 Å². The summed E-state index contributed by atoms with van der Waals surface area (Å²) < 4.78 is 7.71. The van der Waals surface area contributed by atoms with Crippen molar-refractivity contribution in [1.82, 2.24) is 15.1 Å². The Hall–Kier alpha value is -1.55. The molecule has 0 aliphatic carbocycles. The molecule has 98 valence electrons. The fourth-order valence-electron chi connectivity index (χ4n) is 1.76. The van der Waals surface area contributed by atoms with E-state index in [0.717, 1.165) is 36.7 Å². The lowest BCUT2D eigenvalue weighted by atomic mass is 10.3. The van der Waals surface area contributed by atoms with Crippen LogP contribution in [0.25, 0.3) is 11.5 Å². The van der Waals surface area contributed by atoms with Crippen LogP contribution in [0.1, 0.15) is 39.0 Å². The summed E-state index contributed by atoms with van der Waals surface area (Å²) in [6, 6.07) is 6.35. The average Bonchev–Trinajstić information content (AvgIpc) is 2.97. The predicted molar refractivity (Wildman–Crippen MR) is 72.3 cm³/mol. The first kappa shape index (κ1) is 12.9. The molecule has 4 heteroatoms. The third kappa shape index (κ3) is 3.01. The molecule has 0 saturated carbocycles. The van der Waals surface area contributed by atoms with E-state index >= 15 is 0 Å². The third-order valence-corrected chi connectivity index (χ3v) is 2.78. The Morgan fingerprint density at radius 3 is 2.83 bits per heavy atom. The van der Waals surface area contributed by atoms with E-state index in [9.17, 15) is 0 Å². The molecule has 0 spiro atoms. The van der Waals surface area contributed by atoms with Gasteiger partial charge in [-0.15, -0.1) is 0 Å². The predicted octanol–water partition coefficient (Wildman–Crippen LogP) is 3.22. The zero-order valence-corrected chi connectivity index (χ0v) is 11.3. The Labute approximate surface area is 108 Å². The van der Waals surface area contributed by atoms with E-state index in [1.54, 1.807) is 0 Å². The standard InChI is InChI=1S/C14H21N3O/c1-4-8-15-10-12-5-6-14(18-12)13-7-9-17(16-13)11(2)3/h5-7,9,11,15H,4,8,10H2,1-3H3. The average molecular weight is 247 g/mol. The van der Waals surface area contributed by atoms with Crippen molar-refractivity contribution < 1.29 is 4.42 Å². The Morgan fingerprint density at radius 2 is 2.17 bits per heavy atom. The maximum absolute atomic E-state index is 5.77. The van der Waals surface area contributed by atoms with Gasteiger partial charge in [0, 0.05) is 12.2 Å². The Bertz CT molecular complexity index is 485. The van der Waals surface area contributed by atoms with Crippen molar-refractivity contribution in [2.75, 3.05) is 6.54 Å². The van der Waals surface area contributed by atoms with Crippen LogP contribution in [0.2, 0.25) is 0 Å². The zero-order valence-electron chi connectivity index (χ0n) is 11.3. The summed E-state index contributed by atoms with van der Waals surface area (Å²) in [5, 5.41) is 7.81. The van der Waals surface area contributed by atoms with Gasteiger partial charge in [0.2, 0.25) is 0 Å². The van der Waals surface area contributed by atoms with Gasteiger partial charge in [-0.05, 0) is 45.0 Å². The first-order valence-corrected chi connectivity index (χ1v) is 6.55. The summed E-state index contributed by atoms with van der Waals surface area (Å²) in [6.45, 7) is 8.16. The Morgan fingerprint density at radius 1 is 1.33 bits per heavy atom. The van der Waals surface area contributed by atoms with Gasteiger partial charge in [0.15, 0.2) is 5.76 Å². The van der Waals surface area contributed by atoms with Crippen LogP contribution >= 0.6 is 0 Å². The third-order valence-electron chi connectivity index (χ3n) is 2.78. The minimum atomic E-state index is 0.374. The summed E-state index contributed by atoms with van der Waals surface area (Å²) in [5.41, 5.74) is 0.894. The number of aromatic nitrogens is 2. The first-order chi connectivity index (χ1) is 8.70. The molecule has 0 atom stereocenters. The van der Waals surface area contributed by atoms with Gasteiger partial charge in [-0.2, -0.15) is 5.10 Å². The molecule has 2 aromatic heterocycles. The van der Waals surface area contributed by atoms with Gasteiger partial charge in [0.25, 0.3) is 0 Å². The van der Waals surface area contributed by atoms with E-state index in [1.165, 1.54) is 0 Å². The van der Waals surface area contributed by atoms with Crippen LogP contribution in [0.5, 0.6) is 0 Å². The summed E-state index contributed by atoms with van der Waals surface area (Å²) in [6.07, 6.45) is 3.11. The number of furan rings is 1. The van der Waals surface area contributed by atoms with Gasteiger partial charge in [0.05, 0.1) is 6.54 Å². The van der Waals surface area contributed by atoms with Gasteiger partial charge in [0.1, 0.15) is 11.5 Å². The second kappa shape index (κ2) is 5.87. The summed E-state index contributed by atoms with van der Waals surface area (Å²) in [7, 11) is 0. The largest absolute Gasteiger partial charge is 0.458 e. The van der Waals surface area contributed by atoms with Crippen molar-refractivity contribution in [1.29, 1.82) is 0 Å². The second-order valence-corrected chi connectivity index (χ2v) is 4.72. The molecule has 2 heterocycles. The van der Waals surface area contributed by atoms with Gasteiger partial charge in [-0.3, -0.25) is 4.68 Å². The molecule has 0 radical (unpaired) electrons. The SMILES string of the molecule is CCCNCc1ccc(-c2ccn(C(C)C)n2)o1. The number of rotatable bonds is 6. The molecule has 0 amide bonds. The van der Waals surface area contributed by atoms with Crippen LogP contribution in [0.4, 0.5) is 0 Å². The highest BCUT2D eigenvalue weighted by atomic mass is 16.3. The van der Waals surface area contributed by atoms with Crippen LogP contribution < -0.4 is 5.32 Å². The van der Waals surface area contributed by atoms with E-state index < -0.39 is 0 Å². The van der Waals surface area contributed by atoms with Gasteiger partial charge >= 0.3 is 0 Å². The summed E-state index contributed by atoms with van der Waals surface area (Å²) in [5.74, 6) is 1.79. The normalized spacial score (nSPS) is 11.3. The van der Waals surface area contributed by atoms with Crippen molar-refractivity contribution in [3.8, 4) is 11.5 Å². The molecule has 0 aliphatic rings. The highest BCUT2D eigenvalue weighted by Crippen LogP contribution is 2.21. The topological polar surface area (TPSA) is 43.0 Å². The van der Waals surface area contributed by atoms with Crippen molar-refractivity contribution in [3.05, 3.63) is 30.2 Å². The molecular weight excluding hydrogens is 226 g/mol. The van der Waals surface area contributed by atoms with Crippen molar-refractivity contribution in [2.24, 2.45) is 0 Å². The molecular formula is C14H21N3O. The van der Waals surface area contributed by atoms with Crippen molar-refractivity contribution >= 4 is 0 Å². The maximum Gasteiger partial charge on any atom is 0.154 e. The van der Waals surface area contributed by atoms with E-state index in [-0.39, 0.29) is 0 Å². The Balaban J connectivity index is 2.04.